The minimum Gasteiger partial charge on any atom is -0.466 e. The maximum Gasteiger partial charge on any atom is 0.335 e. The third kappa shape index (κ3) is 5.83. The third-order valence-electron chi connectivity index (χ3n) is 2.91. The van der Waals surface area contributed by atoms with E-state index in [1.165, 1.54) is 0 Å². The molecule has 1 aromatic rings. The zero-order chi connectivity index (χ0) is 16.4. The molecule has 0 aliphatic carbocycles. The van der Waals surface area contributed by atoms with Crippen LogP contribution in [0.4, 0.5) is 0 Å². The lowest BCUT2D eigenvalue weighted by Gasteiger charge is -2.20. The number of ether oxygens (including phenoxy) is 3. The van der Waals surface area contributed by atoms with E-state index in [0.717, 1.165) is 5.56 Å². The Morgan fingerprint density at radius 1 is 1.05 bits per heavy atom. The second-order valence-corrected chi connectivity index (χ2v) is 4.56. The number of carbonyl (C=O) groups excluding carboxylic acids is 2. The number of hydrogen-bond acceptors (Lipinski definition) is 6. The summed E-state index contributed by atoms with van der Waals surface area (Å²) in [5.41, 5.74) is 0.927. The monoisotopic (exact) mass is 310 g/mol. The average molecular weight is 310 g/mol. The van der Waals surface area contributed by atoms with Crippen molar-refractivity contribution in [2.75, 3.05) is 19.8 Å². The fourth-order valence-electron chi connectivity index (χ4n) is 1.81. The number of benzene rings is 1. The molecule has 22 heavy (non-hydrogen) atoms. The summed E-state index contributed by atoms with van der Waals surface area (Å²) in [4.78, 5) is 23.5. The van der Waals surface area contributed by atoms with Crippen molar-refractivity contribution in [3.63, 3.8) is 0 Å². The molecule has 6 heteroatoms. The van der Waals surface area contributed by atoms with Crippen LogP contribution in [0, 0.1) is 5.92 Å². The Balaban J connectivity index is 2.61. The maximum absolute atomic E-state index is 11.9. The first kappa shape index (κ1) is 18.1. The highest BCUT2D eigenvalue weighted by Crippen LogP contribution is 2.11. The Morgan fingerprint density at radius 2 is 1.64 bits per heavy atom. The summed E-state index contributed by atoms with van der Waals surface area (Å²) in [5, 5.41) is 9.95. The van der Waals surface area contributed by atoms with Crippen LogP contribution in [-0.2, 0) is 30.4 Å². The Hall–Kier alpha value is -1.92. The van der Waals surface area contributed by atoms with E-state index in [1.54, 1.807) is 13.8 Å². The molecule has 1 rings (SSSR count). The Labute approximate surface area is 130 Å². The van der Waals surface area contributed by atoms with Gasteiger partial charge in [0.2, 0.25) is 0 Å². The molecule has 0 bridgehead atoms. The molecule has 122 valence electrons. The largest absolute Gasteiger partial charge is 0.466 e. The molecule has 0 heterocycles. The number of esters is 2. The van der Waals surface area contributed by atoms with Gasteiger partial charge in [-0.05, 0) is 19.4 Å². The van der Waals surface area contributed by atoms with Gasteiger partial charge in [0.15, 0.2) is 6.10 Å². The molecule has 2 unspecified atom stereocenters. The van der Waals surface area contributed by atoms with Crippen LogP contribution in [0.1, 0.15) is 19.4 Å². The van der Waals surface area contributed by atoms with Crippen molar-refractivity contribution >= 4 is 11.9 Å². The van der Waals surface area contributed by atoms with Crippen LogP contribution in [0.5, 0.6) is 0 Å². The van der Waals surface area contributed by atoms with Gasteiger partial charge in [-0.1, -0.05) is 30.3 Å². The average Bonchev–Trinajstić information content (AvgIpc) is 2.52. The van der Waals surface area contributed by atoms with Crippen LogP contribution in [0.25, 0.3) is 0 Å². The van der Waals surface area contributed by atoms with Gasteiger partial charge in [-0.25, -0.2) is 4.79 Å². The quantitative estimate of drug-likeness (QED) is 0.693. The molecule has 0 aliphatic rings. The SMILES string of the molecule is CCOC(=O)C(O)C(COCc1ccccc1)C(=O)OCC. The highest BCUT2D eigenvalue weighted by Gasteiger charge is 2.34. The van der Waals surface area contributed by atoms with Gasteiger partial charge in [0.05, 0.1) is 26.4 Å². The summed E-state index contributed by atoms with van der Waals surface area (Å²) in [5.74, 6) is -2.65. The number of carbonyl (C=O) groups is 2. The van der Waals surface area contributed by atoms with Crippen molar-refractivity contribution in [1.29, 1.82) is 0 Å². The molecule has 2 atom stereocenters. The number of hydrogen-bond donors (Lipinski definition) is 1. The molecule has 0 aliphatic heterocycles. The summed E-state index contributed by atoms with van der Waals surface area (Å²) >= 11 is 0. The first-order chi connectivity index (χ1) is 10.6. The molecule has 0 fully saturated rings. The van der Waals surface area contributed by atoms with Gasteiger partial charge in [-0.15, -0.1) is 0 Å². The highest BCUT2D eigenvalue weighted by molar-refractivity contribution is 5.83. The summed E-state index contributed by atoms with van der Waals surface area (Å²) in [7, 11) is 0. The highest BCUT2D eigenvalue weighted by atomic mass is 16.6. The van der Waals surface area contributed by atoms with Crippen molar-refractivity contribution in [2.24, 2.45) is 5.92 Å². The molecule has 0 saturated heterocycles. The second-order valence-electron chi connectivity index (χ2n) is 4.56. The fraction of sp³-hybridized carbons (Fsp3) is 0.500. The first-order valence-electron chi connectivity index (χ1n) is 7.23. The molecule has 1 aromatic carbocycles. The molecule has 0 spiro atoms. The molecular formula is C16H22O6. The lowest BCUT2D eigenvalue weighted by Crippen LogP contribution is -2.40. The third-order valence-corrected chi connectivity index (χ3v) is 2.91. The van der Waals surface area contributed by atoms with E-state index in [2.05, 4.69) is 0 Å². The van der Waals surface area contributed by atoms with E-state index < -0.39 is 24.0 Å². The van der Waals surface area contributed by atoms with Gasteiger partial charge in [0.25, 0.3) is 0 Å². The molecule has 1 N–H and O–H groups in total. The Kier molecular flexibility index (Phi) is 8.17. The fourth-order valence-corrected chi connectivity index (χ4v) is 1.81. The predicted octanol–water partition coefficient (Wildman–Crippen LogP) is 1.31. The molecule has 0 radical (unpaired) electrons. The zero-order valence-electron chi connectivity index (χ0n) is 12.9. The standard InChI is InChI=1S/C16H22O6/c1-3-21-15(18)13(14(17)16(19)22-4-2)11-20-10-12-8-6-5-7-9-12/h5-9,13-14,17H,3-4,10-11H2,1-2H3. The molecule has 0 saturated carbocycles. The van der Waals surface area contributed by atoms with Gasteiger partial charge >= 0.3 is 11.9 Å². The Bertz CT molecular complexity index is 459. The number of rotatable bonds is 9. The zero-order valence-corrected chi connectivity index (χ0v) is 12.9. The van der Waals surface area contributed by atoms with E-state index in [9.17, 15) is 14.7 Å². The van der Waals surface area contributed by atoms with Crippen molar-refractivity contribution in [3.05, 3.63) is 35.9 Å². The van der Waals surface area contributed by atoms with E-state index in [4.69, 9.17) is 14.2 Å². The number of aliphatic hydroxyl groups excluding tert-OH is 1. The van der Waals surface area contributed by atoms with Gasteiger partial charge in [-0.2, -0.15) is 0 Å². The van der Waals surface area contributed by atoms with Crippen molar-refractivity contribution in [2.45, 2.75) is 26.6 Å². The van der Waals surface area contributed by atoms with Crippen LogP contribution < -0.4 is 0 Å². The second kappa shape index (κ2) is 9.92. The van der Waals surface area contributed by atoms with E-state index in [0.29, 0.717) is 0 Å². The van der Waals surface area contributed by atoms with Crippen molar-refractivity contribution in [1.82, 2.24) is 0 Å². The summed E-state index contributed by atoms with van der Waals surface area (Å²) < 4.78 is 15.0. The van der Waals surface area contributed by atoms with Gasteiger partial charge < -0.3 is 19.3 Å². The number of aliphatic hydroxyl groups is 1. The van der Waals surface area contributed by atoms with Gasteiger partial charge in [0.1, 0.15) is 5.92 Å². The van der Waals surface area contributed by atoms with Crippen LogP contribution in [0.2, 0.25) is 0 Å². The molecule has 0 aromatic heterocycles. The molecular weight excluding hydrogens is 288 g/mol. The van der Waals surface area contributed by atoms with E-state index in [-0.39, 0.29) is 26.4 Å². The lowest BCUT2D eigenvalue weighted by molar-refractivity contribution is -0.169. The van der Waals surface area contributed by atoms with Crippen molar-refractivity contribution in [3.8, 4) is 0 Å². The minimum absolute atomic E-state index is 0.121. The predicted molar refractivity (Wildman–Crippen MR) is 78.9 cm³/mol. The molecule has 6 nitrogen and oxygen atoms in total. The Morgan fingerprint density at radius 3 is 2.23 bits per heavy atom. The normalized spacial score (nSPS) is 13.2. The van der Waals surface area contributed by atoms with Crippen LogP contribution in [-0.4, -0.2) is 43.0 Å². The summed E-state index contributed by atoms with van der Waals surface area (Å²) in [6.45, 7) is 3.69. The van der Waals surface area contributed by atoms with Crippen molar-refractivity contribution < 1.29 is 28.9 Å². The molecule has 0 amide bonds. The van der Waals surface area contributed by atoms with Crippen LogP contribution >= 0.6 is 0 Å². The summed E-state index contributed by atoms with van der Waals surface area (Å²) in [6, 6.07) is 9.38. The van der Waals surface area contributed by atoms with E-state index >= 15 is 0 Å². The first-order valence-corrected chi connectivity index (χ1v) is 7.23. The van der Waals surface area contributed by atoms with Gasteiger partial charge in [0, 0.05) is 0 Å². The van der Waals surface area contributed by atoms with Gasteiger partial charge in [-0.3, -0.25) is 4.79 Å². The van der Waals surface area contributed by atoms with Crippen LogP contribution in [0.15, 0.2) is 30.3 Å². The van der Waals surface area contributed by atoms with E-state index in [1.807, 2.05) is 30.3 Å². The topological polar surface area (TPSA) is 82.1 Å². The van der Waals surface area contributed by atoms with Crippen LogP contribution in [0.3, 0.4) is 0 Å². The smallest absolute Gasteiger partial charge is 0.335 e. The lowest BCUT2D eigenvalue weighted by atomic mass is 10.0. The summed E-state index contributed by atoms with van der Waals surface area (Å²) in [6.07, 6.45) is -1.60. The maximum atomic E-state index is 11.9. The minimum atomic E-state index is -1.60.